The minimum atomic E-state index is -0.652. The van der Waals surface area contributed by atoms with Gasteiger partial charge in [-0.3, -0.25) is 4.79 Å². The van der Waals surface area contributed by atoms with E-state index in [2.05, 4.69) is 6.92 Å². The Kier molecular flexibility index (Phi) is 11.6. The van der Waals surface area contributed by atoms with Gasteiger partial charge in [-0.05, 0) is 6.42 Å². The van der Waals surface area contributed by atoms with Crippen LogP contribution in [0, 0.1) is 5.92 Å². The van der Waals surface area contributed by atoms with E-state index in [9.17, 15) is 4.79 Å². The van der Waals surface area contributed by atoms with Crippen LogP contribution in [-0.4, -0.2) is 11.1 Å². The maximum Gasteiger partial charge on any atom is 0.306 e. The SMILES string of the molecule is CCCCCCCCCCCC[C@H](C)C(=O)O. The van der Waals surface area contributed by atoms with Gasteiger partial charge in [-0.25, -0.2) is 0 Å². The van der Waals surface area contributed by atoms with Gasteiger partial charge >= 0.3 is 5.97 Å². The second-order valence-electron chi connectivity index (χ2n) is 5.21. The summed E-state index contributed by atoms with van der Waals surface area (Å²) in [6.45, 7) is 4.05. The molecule has 0 rings (SSSR count). The first-order valence-corrected chi connectivity index (χ1v) is 7.41. The van der Waals surface area contributed by atoms with Crippen molar-refractivity contribution in [2.24, 2.45) is 5.92 Å². The van der Waals surface area contributed by atoms with Gasteiger partial charge < -0.3 is 5.11 Å². The Morgan fingerprint density at radius 1 is 0.882 bits per heavy atom. The maximum absolute atomic E-state index is 10.6. The monoisotopic (exact) mass is 242 g/mol. The minimum absolute atomic E-state index is 0.163. The largest absolute Gasteiger partial charge is 0.481 e. The van der Waals surface area contributed by atoms with Crippen LogP contribution in [-0.2, 0) is 4.79 Å². The molecule has 0 amide bonds. The summed E-state index contributed by atoms with van der Waals surface area (Å²) >= 11 is 0. The van der Waals surface area contributed by atoms with Gasteiger partial charge in [0, 0.05) is 0 Å². The van der Waals surface area contributed by atoms with E-state index >= 15 is 0 Å². The van der Waals surface area contributed by atoms with Crippen molar-refractivity contribution in [3.8, 4) is 0 Å². The van der Waals surface area contributed by atoms with Crippen molar-refractivity contribution in [2.75, 3.05) is 0 Å². The van der Waals surface area contributed by atoms with Gasteiger partial charge in [0.2, 0.25) is 0 Å². The molecule has 0 bridgehead atoms. The van der Waals surface area contributed by atoms with Crippen LogP contribution < -0.4 is 0 Å². The summed E-state index contributed by atoms with van der Waals surface area (Å²) in [6, 6.07) is 0. The quantitative estimate of drug-likeness (QED) is 0.488. The van der Waals surface area contributed by atoms with Crippen LogP contribution in [0.25, 0.3) is 0 Å². The molecular weight excluding hydrogens is 212 g/mol. The van der Waals surface area contributed by atoms with E-state index < -0.39 is 5.97 Å². The van der Waals surface area contributed by atoms with Crippen molar-refractivity contribution in [3.63, 3.8) is 0 Å². The summed E-state index contributed by atoms with van der Waals surface area (Å²) in [5, 5.41) is 8.73. The highest BCUT2D eigenvalue weighted by atomic mass is 16.4. The van der Waals surface area contributed by atoms with Crippen molar-refractivity contribution in [2.45, 2.75) is 84.5 Å². The molecule has 0 aromatic carbocycles. The topological polar surface area (TPSA) is 37.3 Å². The van der Waals surface area contributed by atoms with E-state index in [0.29, 0.717) is 0 Å². The Morgan fingerprint density at radius 3 is 1.71 bits per heavy atom. The summed E-state index contributed by atoms with van der Waals surface area (Å²) in [6.07, 6.45) is 13.9. The standard InChI is InChI=1S/C15H30O2/c1-3-4-5-6-7-8-9-10-11-12-13-14(2)15(16)17/h14H,3-13H2,1-2H3,(H,16,17)/t14-/m0/s1. The minimum Gasteiger partial charge on any atom is -0.481 e. The number of hydrogen-bond donors (Lipinski definition) is 1. The van der Waals surface area contributed by atoms with Gasteiger partial charge in [0.25, 0.3) is 0 Å². The van der Waals surface area contributed by atoms with Gasteiger partial charge in [-0.2, -0.15) is 0 Å². The molecule has 1 atom stereocenters. The van der Waals surface area contributed by atoms with Crippen LogP contribution in [0.5, 0.6) is 0 Å². The van der Waals surface area contributed by atoms with Crippen molar-refractivity contribution < 1.29 is 9.90 Å². The second-order valence-corrected chi connectivity index (χ2v) is 5.21. The van der Waals surface area contributed by atoms with E-state index in [4.69, 9.17) is 5.11 Å². The first-order chi connectivity index (χ1) is 8.18. The molecule has 0 heterocycles. The van der Waals surface area contributed by atoms with Crippen LogP contribution in [0.4, 0.5) is 0 Å². The summed E-state index contributed by atoms with van der Waals surface area (Å²) in [4.78, 5) is 10.6. The third-order valence-corrected chi connectivity index (χ3v) is 3.41. The van der Waals surface area contributed by atoms with Crippen LogP contribution in [0.15, 0.2) is 0 Å². The van der Waals surface area contributed by atoms with E-state index in [1.54, 1.807) is 6.92 Å². The average Bonchev–Trinajstić information content (AvgIpc) is 2.31. The molecule has 0 aromatic heterocycles. The van der Waals surface area contributed by atoms with Crippen LogP contribution in [0.2, 0.25) is 0 Å². The summed E-state index contributed by atoms with van der Waals surface area (Å²) < 4.78 is 0. The lowest BCUT2D eigenvalue weighted by atomic mass is 10.0. The lowest BCUT2D eigenvalue weighted by Crippen LogP contribution is -2.08. The molecule has 0 unspecified atom stereocenters. The number of hydrogen-bond acceptors (Lipinski definition) is 1. The van der Waals surface area contributed by atoms with Gasteiger partial charge in [0.05, 0.1) is 5.92 Å². The number of rotatable bonds is 12. The number of carbonyl (C=O) groups is 1. The number of aliphatic carboxylic acids is 1. The lowest BCUT2D eigenvalue weighted by Gasteiger charge is -2.05. The van der Waals surface area contributed by atoms with Gasteiger partial charge in [-0.1, -0.05) is 78.1 Å². The number of carboxylic acid groups (broad SMARTS) is 1. The molecule has 0 aliphatic carbocycles. The lowest BCUT2D eigenvalue weighted by molar-refractivity contribution is -0.141. The molecule has 102 valence electrons. The van der Waals surface area contributed by atoms with E-state index in [1.807, 2.05) is 0 Å². The molecule has 0 aromatic rings. The maximum atomic E-state index is 10.6. The van der Waals surface area contributed by atoms with Crippen LogP contribution in [0.1, 0.15) is 84.5 Å². The molecule has 0 aliphatic heterocycles. The van der Waals surface area contributed by atoms with Crippen molar-refractivity contribution in [1.29, 1.82) is 0 Å². The molecule has 2 nitrogen and oxygen atoms in total. The first-order valence-electron chi connectivity index (χ1n) is 7.41. The van der Waals surface area contributed by atoms with E-state index in [-0.39, 0.29) is 5.92 Å². The highest BCUT2D eigenvalue weighted by Gasteiger charge is 2.09. The molecule has 1 N–H and O–H groups in total. The molecule has 0 saturated heterocycles. The molecule has 2 heteroatoms. The smallest absolute Gasteiger partial charge is 0.306 e. The predicted molar refractivity (Wildman–Crippen MR) is 73.3 cm³/mol. The zero-order valence-electron chi connectivity index (χ0n) is 11.7. The fourth-order valence-electron chi connectivity index (χ4n) is 2.06. The van der Waals surface area contributed by atoms with E-state index in [1.165, 1.54) is 57.8 Å². The predicted octanol–water partition coefficient (Wildman–Crippen LogP) is 5.02. The van der Waals surface area contributed by atoms with Crippen LogP contribution in [0.3, 0.4) is 0 Å². The van der Waals surface area contributed by atoms with Gasteiger partial charge in [-0.15, -0.1) is 0 Å². The van der Waals surface area contributed by atoms with Crippen LogP contribution >= 0.6 is 0 Å². The Balaban J connectivity index is 3.06. The molecular formula is C15H30O2. The Hall–Kier alpha value is -0.530. The highest BCUT2D eigenvalue weighted by molar-refractivity contribution is 5.69. The highest BCUT2D eigenvalue weighted by Crippen LogP contribution is 2.13. The average molecular weight is 242 g/mol. The number of unbranched alkanes of at least 4 members (excludes halogenated alkanes) is 9. The summed E-state index contributed by atoms with van der Waals surface area (Å²) in [5.74, 6) is -0.815. The molecule has 0 spiro atoms. The number of carboxylic acids is 1. The first kappa shape index (κ1) is 16.5. The third kappa shape index (κ3) is 11.7. The fourth-order valence-corrected chi connectivity index (χ4v) is 2.06. The Bertz CT molecular complexity index is 178. The Morgan fingerprint density at radius 2 is 1.29 bits per heavy atom. The van der Waals surface area contributed by atoms with Crippen molar-refractivity contribution >= 4 is 5.97 Å². The molecule has 0 fully saturated rings. The summed E-state index contributed by atoms with van der Waals surface area (Å²) in [5.41, 5.74) is 0. The second kappa shape index (κ2) is 11.9. The Labute approximate surface area is 107 Å². The normalized spacial score (nSPS) is 12.6. The summed E-state index contributed by atoms with van der Waals surface area (Å²) in [7, 11) is 0. The third-order valence-electron chi connectivity index (χ3n) is 3.41. The van der Waals surface area contributed by atoms with Gasteiger partial charge in [0.1, 0.15) is 0 Å². The molecule has 0 aliphatic rings. The zero-order chi connectivity index (χ0) is 12.9. The fraction of sp³-hybridized carbons (Fsp3) is 0.933. The van der Waals surface area contributed by atoms with Gasteiger partial charge in [0.15, 0.2) is 0 Å². The molecule has 0 saturated carbocycles. The molecule has 0 radical (unpaired) electrons. The van der Waals surface area contributed by atoms with E-state index in [0.717, 1.165) is 12.8 Å². The van der Waals surface area contributed by atoms with Crippen molar-refractivity contribution in [1.82, 2.24) is 0 Å². The molecule has 17 heavy (non-hydrogen) atoms. The zero-order valence-corrected chi connectivity index (χ0v) is 11.7. The van der Waals surface area contributed by atoms with Crippen molar-refractivity contribution in [3.05, 3.63) is 0 Å².